The van der Waals surface area contributed by atoms with Crippen LogP contribution >= 0.6 is 0 Å². The van der Waals surface area contributed by atoms with E-state index >= 15 is 0 Å². The summed E-state index contributed by atoms with van der Waals surface area (Å²) in [5.41, 5.74) is 0.272. The van der Waals surface area contributed by atoms with Crippen LogP contribution in [-0.4, -0.2) is 81.3 Å². The van der Waals surface area contributed by atoms with Gasteiger partial charge in [-0.15, -0.1) is 0 Å². The molecule has 0 spiro atoms. The van der Waals surface area contributed by atoms with Crippen LogP contribution < -0.4 is 4.31 Å². The van der Waals surface area contributed by atoms with Crippen molar-refractivity contribution >= 4 is 21.8 Å². The van der Waals surface area contributed by atoms with Crippen molar-refractivity contribution in [1.82, 2.24) is 14.1 Å². The van der Waals surface area contributed by atoms with Crippen LogP contribution in [0.2, 0.25) is 0 Å². The Labute approximate surface area is 173 Å². The van der Waals surface area contributed by atoms with E-state index in [0.29, 0.717) is 19.1 Å². The molecule has 3 rings (SSSR count). The van der Waals surface area contributed by atoms with Crippen LogP contribution in [0.15, 0.2) is 24.3 Å². The average molecular weight is 427 g/mol. The van der Waals surface area contributed by atoms with E-state index in [1.807, 2.05) is 0 Å². The Morgan fingerprint density at radius 1 is 1.03 bits per heavy atom. The average Bonchev–Trinajstić information content (AvgIpc) is 2.73. The highest BCUT2D eigenvalue weighted by Gasteiger charge is 2.31. The fourth-order valence-electron chi connectivity index (χ4n) is 4.12. The predicted molar refractivity (Wildman–Crippen MR) is 111 cm³/mol. The maximum atomic E-state index is 13.3. The highest BCUT2D eigenvalue weighted by molar-refractivity contribution is 7.90. The summed E-state index contributed by atoms with van der Waals surface area (Å²) >= 11 is 0. The number of nitrogens with zero attached hydrogens (tertiary/aromatic N) is 4. The minimum absolute atomic E-state index is 0.233. The zero-order valence-electron chi connectivity index (χ0n) is 17.3. The normalized spacial score (nSPS) is 19.5. The number of hydrogen-bond donors (Lipinski definition) is 0. The van der Waals surface area contributed by atoms with Gasteiger partial charge in [0.15, 0.2) is 0 Å². The minimum Gasteiger partial charge on any atom is -0.339 e. The molecule has 1 saturated heterocycles. The van der Waals surface area contributed by atoms with Crippen LogP contribution in [-0.2, 0) is 15.0 Å². The first-order valence-corrected chi connectivity index (χ1v) is 11.7. The van der Waals surface area contributed by atoms with Crippen molar-refractivity contribution < 1.29 is 17.6 Å². The Hall–Kier alpha value is -1.71. The summed E-state index contributed by atoms with van der Waals surface area (Å²) in [7, 11) is -1.05. The largest absolute Gasteiger partial charge is 0.339 e. The number of carbonyl (C=O) groups excluding carboxylic acids is 1. The minimum atomic E-state index is -3.88. The molecule has 29 heavy (non-hydrogen) atoms. The SMILES string of the molecule is CN(C)S(=O)(=O)N(CC(=O)N1CCN(C2CCCCC2)CC1)c1ccc(F)cc1. The molecule has 1 aliphatic heterocycles. The van der Waals surface area contributed by atoms with Crippen LogP contribution in [0.5, 0.6) is 0 Å². The van der Waals surface area contributed by atoms with Gasteiger partial charge in [0, 0.05) is 46.3 Å². The van der Waals surface area contributed by atoms with Gasteiger partial charge in [-0.2, -0.15) is 12.7 Å². The molecular weight excluding hydrogens is 395 g/mol. The number of rotatable bonds is 6. The van der Waals surface area contributed by atoms with Gasteiger partial charge < -0.3 is 4.90 Å². The van der Waals surface area contributed by atoms with Gasteiger partial charge in [0.05, 0.1) is 5.69 Å². The second kappa shape index (κ2) is 9.40. The van der Waals surface area contributed by atoms with Gasteiger partial charge in [-0.25, -0.2) is 8.70 Å². The van der Waals surface area contributed by atoms with Crippen LogP contribution in [0.4, 0.5) is 10.1 Å². The molecule has 0 bridgehead atoms. The van der Waals surface area contributed by atoms with Gasteiger partial charge in [-0.1, -0.05) is 19.3 Å². The maximum absolute atomic E-state index is 13.3. The first-order chi connectivity index (χ1) is 13.8. The summed E-state index contributed by atoms with van der Waals surface area (Å²) in [6, 6.07) is 5.77. The van der Waals surface area contributed by atoms with Crippen LogP contribution in [0, 0.1) is 5.82 Å². The molecule has 2 aliphatic rings. The van der Waals surface area contributed by atoms with Crippen LogP contribution in [0.3, 0.4) is 0 Å². The lowest BCUT2D eigenvalue weighted by Crippen LogP contribution is -2.55. The maximum Gasteiger partial charge on any atom is 0.304 e. The van der Waals surface area contributed by atoms with Crippen LogP contribution in [0.1, 0.15) is 32.1 Å². The zero-order chi connectivity index (χ0) is 21.0. The van der Waals surface area contributed by atoms with Crippen molar-refractivity contribution in [2.45, 2.75) is 38.1 Å². The highest BCUT2D eigenvalue weighted by atomic mass is 32.2. The molecule has 1 saturated carbocycles. The third-order valence-electron chi connectivity index (χ3n) is 5.89. The Morgan fingerprint density at radius 2 is 1.62 bits per heavy atom. The lowest BCUT2D eigenvalue weighted by Gasteiger charge is -2.41. The van der Waals surface area contributed by atoms with E-state index in [1.165, 1.54) is 70.5 Å². The Balaban J connectivity index is 1.66. The molecule has 0 atom stereocenters. The Bertz CT molecular complexity index is 786. The Kier molecular flexibility index (Phi) is 7.13. The molecule has 0 unspecified atom stereocenters. The van der Waals surface area contributed by atoms with Gasteiger partial charge in [0.2, 0.25) is 5.91 Å². The molecule has 1 aromatic carbocycles. The predicted octanol–water partition coefficient (Wildman–Crippen LogP) is 1.92. The number of anilines is 1. The van der Waals surface area contributed by atoms with Gasteiger partial charge in [-0.3, -0.25) is 9.69 Å². The second-order valence-corrected chi connectivity index (χ2v) is 10.0. The quantitative estimate of drug-likeness (QED) is 0.697. The van der Waals surface area contributed by atoms with Crippen LogP contribution in [0.25, 0.3) is 0 Å². The molecule has 0 N–H and O–H groups in total. The van der Waals surface area contributed by atoms with Gasteiger partial charge in [0.1, 0.15) is 12.4 Å². The number of carbonyl (C=O) groups is 1. The molecule has 1 amide bonds. The fraction of sp³-hybridized carbons (Fsp3) is 0.650. The number of benzene rings is 1. The topological polar surface area (TPSA) is 64.2 Å². The molecule has 0 aromatic heterocycles. The van der Waals surface area contributed by atoms with Crippen molar-refractivity contribution in [3.63, 3.8) is 0 Å². The fourth-order valence-corrected chi connectivity index (χ4v) is 5.17. The first kappa shape index (κ1) is 22.0. The number of halogens is 1. The molecule has 9 heteroatoms. The summed E-state index contributed by atoms with van der Waals surface area (Å²) in [4.78, 5) is 17.1. The van der Waals surface area contributed by atoms with Crippen molar-refractivity contribution in [3.8, 4) is 0 Å². The first-order valence-electron chi connectivity index (χ1n) is 10.3. The summed E-state index contributed by atoms with van der Waals surface area (Å²) in [5.74, 6) is -0.691. The lowest BCUT2D eigenvalue weighted by atomic mass is 9.94. The summed E-state index contributed by atoms with van der Waals surface area (Å²) < 4.78 is 40.9. The summed E-state index contributed by atoms with van der Waals surface area (Å²) in [6.45, 7) is 2.57. The van der Waals surface area contributed by atoms with E-state index in [9.17, 15) is 17.6 Å². The van der Waals surface area contributed by atoms with E-state index in [4.69, 9.17) is 0 Å². The summed E-state index contributed by atoms with van der Waals surface area (Å²) in [6.07, 6.45) is 6.33. The van der Waals surface area contributed by atoms with Crippen molar-refractivity contribution in [3.05, 3.63) is 30.1 Å². The van der Waals surface area contributed by atoms with E-state index < -0.39 is 16.0 Å². The van der Waals surface area contributed by atoms with E-state index in [2.05, 4.69) is 4.90 Å². The van der Waals surface area contributed by atoms with Gasteiger partial charge in [0.25, 0.3) is 0 Å². The number of amides is 1. The number of piperazine rings is 1. The molecule has 7 nitrogen and oxygen atoms in total. The number of hydrogen-bond acceptors (Lipinski definition) is 4. The molecule has 1 aliphatic carbocycles. The molecule has 1 aromatic rings. The zero-order valence-corrected chi connectivity index (χ0v) is 18.1. The van der Waals surface area contributed by atoms with E-state index in [0.717, 1.165) is 21.7 Å². The molecule has 162 valence electrons. The standard InChI is InChI=1S/C20H31FN4O3S/c1-22(2)29(27,28)25(19-10-8-17(21)9-11-19)16-20(26)24-14-12-23(13-15-24)18-6-4-3-5-7-18/h8-11,18H,3-7,12-16H2,1-2H3. The van der Waals surface area contributed by atoms with Gasteiger partial charge in [-0.05, 0) is 37.1 Å². The monoisotopic (exact) mass is 426 g/mol. The Morgan fingerprint density at radius 3 is 2.17 bits per heavy atom. The van der Waals surface area contributed by atoms with E-state index in [-0.39, 0.29) is 18.1 Å². The lowest BCUT2D eigenvalue weighted by molar-refractivity contribution is -0.131. The van der Waals surface area contributed by atoms with Crippen molar-refractivity contribution in [1.29, 1.82) is 0 Å². The third-order valence-corrected chi connectivity index (χ3v) is 7.71. The molecule has 2 fully saturated rings. The summed E-state index contributed by atoms with van der Waals surface area (Å²) in [5, 5.41) is 0. The van der Waals surface area contributed by atoms with Crippen molar-refractivity contribution in [2.24, 2.45) is 0 Å². The second-order valence-electron chi connectivity index (χ2n) is 7.98. The van der Waals surface area contributed by atoms with E-state index in [1.54, 1.807) is 4.90 Å². The highest BCUT2D eigenvalue weighted by Crippen LogP contribution is 2.24. The van der Waals surface area contributed by atoms with Gasteiger partial charge >= 0.3 is 10.2 Å². The van der Waals surface area contributed by atoms with Crippen molar-refractivity contribution in [2.75, 3.05) is 51.1 Å². The smallest absolute Gasteiger partial charge is 0.304 e. The molecule has 0 radical (unpaired) electrons. The third kappa shape index (κ3) is 5.26. The molecular formula is C20H31FN4O3S. The molecule has 1 heterocycles.